The Kier molecular flexibility index (Phi) is 2.04. The maximum Gasteiger partial charge on any atom is 0.340 e. The number of esters is 1. The second-order valence-corrected chi connectivity index (χ2v) is 3.78. The molecule has 0 radical (unpaired) electrons. The van der Waals surface area contributed by atoms with Crippen molar-refractivity contribution in [3.8, 4) is 0 Å². The van der Waals surface area contributed by atoms with Crippen LogP contribution in [0.15, 0.2) is 30.3 Å². The molecular formula is C11H12O3. The molecule has 0 N–H and O–H groups in total. The van der Waals surface area contributed by atoms with Crippen LogP contribution in [-0.2, 0) is 14.3 Å². The van der Waals surface area contributed by atoms with E-state index in [4.69, 9.17) is 9.47 Å². The van der Waals surface area contributed by atoms with Gasteiger partial charge in [-0.25, -0.2) is 4.79 Å². The molecule has 0 spiro atoms. The van der Waals surface area contributed by atoms with Crippen LogP contribution in [-0.4, -0.2) is 11.6 Å². The molecule has 0 bridgehead atoms. The van der Waals surface area contributed by atoms with Gasteiger partial charge in [0.25, 0.3) is 0 Å². The van der Waals surface area contributed by atoms with E-state index in [9.17, 15) is 4.79 Å². The summed E-state index contributed by atoms with van der Waals surface area (Å²) in [6.07, 6.45) is -0.557. The van der Waals surface area contributed by atoms with Crippen LogP contribution in [0, 0.1) is 0 Å². The second kappa shape index (κ2) is 3.10. The van der Waals surface area contributed by atoms with Crippen molar-refractivity contribution in [2.24, 2.45) is 0 Å². The molecule has 74 valence electrons. The molecule has 1 aliphatic heterocycles. The van der Waals surface area contributed by atoms with E-state index in [-0.39, 0.29) is 5.97 Å². The van der Waals surface area contributed by atoms with Crippen LogP contribution < -0.4 is 0 Å². The van der Waals surface area contributed by atoms with Crippen LogP contribution in [0.5, 0.6) is 0 Å². The van der Waals surface area contributed by atoms with Gasteiger partial charge in [-0.05, 0) is 13.8 Å². The highest BCUT2D eigenvalue weighted by Crippen LogP contribution is 2.33. The summed E-state index contributed by atoms with van der Waals surface area (Å²) in [5.41, 5.74) is 0.0342. The summed E-state index contributed by atoms with van der Waals surface area (Å²) in [5, 5.41) is 0. The van der Waals surface area contributed by atoms with E-state index in [0.717, 1.165) is 5.56 Å². The Bertz CT molecular complexity index is 343. The molecule has 3 heteroatoms. The number of ether oxygens (including phenoxy) is 2. The molecular weight excluding hydrogens is 180 g/mol. The third-order valence-electron chi connectivity index (χ3n) is 2.18. The minimum atomic E-state index is -0.833. The van der Waals surface area contributed by atoms with Crippen molar-refractivity contribution in [1.29, 1.82) is 0 Å². The van der Waals surface area contributed by atoms with E-state index >= 15 is 0 Å². The average Bonchev–Trinajstić information content (AvgIpc) is 2.43. The van der Waals surface area contributed by atoms with Gasteiger partial charge in [-0.15, -0.1) is 0 Å². The molecule has 3 nitrogen and oxygen atoms in total. The zero-order valence-electron chi connectivity index (χ0n) is 8.19. The fraction of sp³-hybridized carbons (Fsp3) is 0.364. The lowest BCUT2D eigenvalue weighted by molar-refractivity contribution is -0.145. The summed E-state index contributed by atoms with van der Waals surface area (Å²) >= 11 is 0. The molecule has 1 aliphatic rings. The molecule has 14 heavy (non-hydrogen) atoms. The first-order valence-electron chi connectivity index (χ1n) is 4.53. The Labute approximate surface area is 82.6 Å². The van der Waals surface area contributed by atoms with Crippen LogP contribution in [0.4, 0.5) is 0 Å². The fourth-order valence-electron chi connectivity index (χ4n) is 1.33. The van der Waals surface area contributed by atoms with Crippen molar-refractivity contribution in [1.82, 2.24) is 0 Å². The second-order valence-electron chi connectivity index (χ2n) is 3.78. The molecule has 0 amide bonds. The van der Waals surface area contributed by atoms with Crippen LogP contribution in [0.3, 0.4) is 0 Å². The number of cyclic esters (lactones) is 1. The minimum absolute atomic E-state index is 0.314. The quantitative estimate of drug-likeness (QED) is 0.639. The van der Waals surface area contributed by atoms with Crippen LogP contribution >= 0.6 is 0 Å². The van der Waals surface area contributed by atoms with E-state index in [1.807, 2.05) is 30.3 Å². The Hall–Kier alpha value is -1.35. The maximum absolute atomic E-state index is 11.3. The van der Waals surface area contributed by atoms with E-state index in [2.05, 4.69) is 0 Å². The van der Waals surface area contributed by atoms with E-state index in [1.54, 1.807) is 13.8 Å². The summed E-state index contributed by atoms with van der Waals surface area (Å²) in [5.74, 6) is -0.314. The van der Waals surface area contributed by atoms with Crippen molar-refractivity contribution in [2.45, 2.75) is 25.7 Å². The van der Waals surface area contributed by atoms with E-state index in [1.165, 1.54) is 0 Å². The van der Waals surface area contributed by atoms with Gasteiger partial charge in [0.2, 0.25) is 6.29 Å². The number of carbonyl (C=O) groups excluding carboxylic acids is 1. The molecule has 2 rings (SSSR count). The van der Waals surface area contributed by atoms with Crippen molar-refractivity contribution < 1.29 is 14.3 Å². The summed E-state index contributed by atoms with van der Waals surface area (Å²) in [6.45, 7) is 3.41. The molecule has 1 fully saturated rings. The molecule has 0 saturated carbocycles. The predicted octanol–water partition coefficient (Wildman–Crippen LogP) is 2.04. The largest absolute Gasteiger partial charge is 0.429 e. The Morgan fingerprint density at radius 1 is 1.21 bits per heavy atom. The highest BCUT2D eigenvalue weighted by atomic mass is 16.8. The highest BCUT2D eigenvalue weighted by Gasteiger charge is 2.43. The monoisotopic (exact) mass is 192 g/mol. The zero-order chi connectivity index (χ0) is 10.2. The summed E-state index contributed by atoms with van der Waals surface area (Å²) in [6, 6.07) is 9.43. The molecule has 1 unspecified atom stereocenters. The van der Waals surface area contributed by atoms with Gasteiger partial charge >= 0.3 is 5.97 Å². The Morgan fingerprint density at radius 2 is 1.86 bits per heavy atom. The Balaban J connectivity index is 2.21. The minimum Gasteiger partial charge on any atom is -0.429 e. The zero-order valence-corrected chi connectivity index (χ0v) is 8.19. The summed E-state index contributed by atoms with van der Waals surface area (Å²) in [4.78, 5) is 11.3. The standard InChI is InChI=1S/C11H12O3/c1-11(2)10(12)13-9(14-11)8-6-4-3-5-7-8/h3-7,9H,1-2H3. The molecule has 1 aromatic carbocycles. The van der Waals surface area contributed by atoms with Gasteiger partial charge in [-0.3, -0.25) is 0 Å². The smallest absolute Gasteiger partial charge is 0.340 e. The highest BCUT2D eigenvalue weighted by molar-refractivity contribution is 5.80. The maximum atomic E-state index is 11.3. The number of carbonyl (C=O) groups is 1. The summed E-state index contributed by atoms with van der Waals surface area (Å²) < 4.78 is 10.6. The van der Waals surface area contributed by atoms with Crippen molar-refractivity contribution in [2.75, 3.05) is 0 Å². The first kappa shape index (κ1) is 9.21. The SMILES string of the molecule is CC1(C)OC(c2ccccc2)OC1=O. The lowest BCUT2D eigenvalue weighted by Crippen LogP contribution is -2.27. The lowest BCUT2D eigenvalue weighted by atomic mass is 10.1. The van der Waals surface area contributed by atoms with Crippen molar-refractivity contribution >= 4 is 5.97 Å². The number of rotatable bonds is 1. The third kappa shape index (κ3) is 1.51. The molecule has 1 atom stereocenters. The molecule has 1 heterocycles. The van der Waals surface area contributed by atoms with Gasteiger partial charge in [0.05, 0.1) is 0 Å². The van der Waals surface area contributed by atoms with Crippen molar-refractivity contribution in [3.05, 3.63) is 35.9 Å². The van der Waals surface area contributed by atoms with Gasteiger partial charge in [0.15, 0.2) is 5.60 Å². The molecule has 0 aliphatic carbocycles. The first-order valence-corrected chi connectivity index (χ1v) is 4.53. The van der Waals surface area contributed by atoms with Gasteiger partial charge in [-0.2, -0.15) is 0 Å². The fourth-order valence-corrected chi connectivity index (χ4v) is 1.33. The molecule has 0 aromatic heterocycles. The van der Waals surface area contributed by atoms with Crippen LogP contribution in [0.1, 0.15) is 25.7 Å². The molecule has 1 saturated heterocycles. The number of hydrogen-bond acceptors (Lipinski definition) is 3. The van der Waals surface area contributed by atoms with Gasteiger partial charge in [0, 0.05) is 5.56 Å². The normalized spacial score (nSPS) is 24.7. The summed E-state index contributed by atoms with van der Waals surface area (Å²) in [7, 11) is 0. The number of benzene rings is 1. The van der Waals surface area contributed by atoms with Gasteiger partial charge in [0.1, 0.15) is 0 Å². The molecule has 1 aromatic rings. The van der Waals surface area contributed by atoms with Crippen LogP contribution in [0.25, 0.3) is 0 Å². The average molecular weight is 192 g/mol. The lowest BCUT2D eigenvalue weighted by Gasteiger charge is -2.12. The Morgan fingerprint density at radius 3 is 2.36 bits per heavy atom. The van der Waals surface area contributed by atoms with Crippen molar-refractivity contribution in [3.63, 3.8) is 0 Å². The third-order valence-corrected chi connectivity index (χ3v) is 2.18. The van der Waals surface area contributed by atoms with E-state index in [0.29, 0.717) is 0 Å². The van der Waals surface area contributed by atoms with Gasteiger partial charge < -0.3 is 9.47 Å². The van der Waals surface area contributed by atoms with Crippen LogP contribution in [0.2, 0.25) is 0 Å². The predicted molar refractivity (Wildman–Crippen MR) is 50.4 cm³/mol. The number of hydrogen-bond donors (Lipinski definition) is 0. The van der Waals surface area contributed by atoms with Gasteiger partial charge in [-0.1, -0.05) is 30.3 Å². The topological polar surface area (TPSA) is 35.5 Å². The van der Waals surface area contributed by atoms with E-state index < -0.39 is 11.9 Å². The first-order chi connectivity index (χ1) is 6.59.